The van der Waals surface area contributed by atoms with E-state index in [9.17, 15) is 10.2 Å². The molecule has 2 rings (SSSR count). The molecule has 2 aromatic rings. The summed E-state index contributed by atoms with van der Waals surface area (Å²) in [6, 6.07) is 10.1. The lowest BCUT2D eigenvalue weighted by Crippen LogP contribution is -1.99. The van der Waals surface area contributed by atoms with Gasteiger partial charge in [-0.1, -0.05) is 12.1 Å². The van der Waals surface area contributed by atoms with Crippen molar-refractivity contribution in [2.24, 2.45) is 0 Å². The molecule has 0 saturated carbocycles. The summed E-state index contributed by atoms with van der Waals surface area (Å²) in [5.74, 6) is 0.570. The first-order valence-corrected chi connectivity index (χ1v) is 5.06. The maximum Gasteiger partial charge on any atom is 0.198 e. The molecule has 0 aliphatic carbocycles. The highest BCUT2D eigenvalue weighted by Crippen LogP contribution is 2.32. The quantitative estimate of drug-likeness (QED) is 0.832. The molecular formula is C12H13NO3. The van der Waals surface area contributed by atoms with E-state index in [2.05, 4.69) is 0 Å². The van der Waals surface area contributed by atoms with Gasteiger partial charge in [-0.3, -0.25) is 0 Å². The lowest BCUT2D eigenvalue weighted by atomic mass is 10.3. The molecule has 0 atom stereocenters. The highest BCUT2D eigenvalue weighted by atomic mass is 16.5. The second-order valence-electron chi connectivity index (χ2n) is 3.29. The van der Waals surface area contributed by atoms with Crippen LogP contribution in [0.4, 0.5) is 0 Å². The third-order valence-corrected chi connectivity index (χ3v) is 2.25. The van der Waals surface area contributed by atoms with Crippen LogP contribution in [0.1, 0.15) is 6.92 Å². The van der Waals surface area contributed by atoms with E-state index in [0.717, 1.165) is 0 Å². The number of nitrogens with zero attached hydrogens (tertiary/aromatic N) is 1. The van der Waals surface area contributed by atoms with E-state index >= 15 is 0 Å². The zero-order chi connectivity index (χ0) is 11.5. The van der Waals surface area contributed by atoms with E-state index in [1.54, 1.807) is 12.1 Å². The van der Waals surface area contributed by atoms with Crippen LogP contribution in [-0.2, 0) is 0 Å². The smallest absolute Gasteiger partial charge is 0.198 e. The number of para-hydroxylation sites is 2. The van der Waals surface area contributed by atoms with Crippen LogP contribution in [0.5, 0.6) is 17.5 Å². The van der Waals surface area contributed by atoms with Crippen molar-refractivity contribution in [1.82, 2.24) is 4.57 Å². The van der Waals surface area contributed by atoms with Crippen molar-refractivity contribution in [3.63, 3.8) is 0 Å². The summed E-state index contributed by atoms with van der Waals surface area (Å²) < 4.78 is 6.75. The molecule has 16 heavy (non-hydrogen) atoms. The molecule has 0 bridgehead atoms. The zero-order valence-corrected chi connectivity index (χ0v) is 8.92. The summed E-state index contributed by atoms with van der Waals surface area (Å²) >= 11 is 0. The molecule has 0 spiro atoms. The van der Waals surface area contributed by atoms with Gasteiger partial charge in [0.25, 0.3) is 0 Å². The molecule has 0 aliphatic heterocycles. The third-order valence-electron chi connectivity index (χ3n) is 2.25. The predicted molar refractivity (Wildman–Crippen MR) is 60.3 cm³/mol. The molecule has 1 aromatic carbocycles. The second-order valence-corrected chi connectivity index (χ2v) is 3.29. The van der Waals surface area contributed by atoms with Crippen molar-refractivity contribution in [1.29, 1.82) is 0 Å². The molecule has 0 saturated heterocycles. The summed E-state index contributed by atoms with van der Waals surface area (Å²) in [5, 5.41) is 19.2. The molecule has 0 aliphatic rings. The first-order valence-electron chi connectivity index (χ1n) is 5.06. The van der Waals surface area contributed by atoms with Crippen LogP contribution in [0.3, 0.4) is 0 Å². The Kier molecular flexibility index (Phi) is 2.72. The Hall–Kier alpha value is -2.10. The number of benzene rings is 1. The second kappa shape index (κ2) is 4.18. The van der Waals surface area contributed by atoms with E-state index in [4.69, 9.17) is 4.74 Å². The first-order chi connectivity index (χ1) is 7.74. The Bertz CT molecular complexity index is 471. The molecule has 4 heteroatoms. The van der Waals surface area contributed by atoms with Gasteiger partial charge in [-0.05, 0) is 19.1 Å². The summed E-state index contributed by atoms with van der Waals surface area (Å²) in [7, 11) is 0. The number of hydrogen-bond acceptors (Lipinski definition) is 3. The fourth-order valence-electron chi connectivity index (χ4n) is 1.58. The maximum atomic E-state index is 9.62. The topological polar surface area (TPSA) is 54.6 Å². The fraction of sp³-hybridized carbons (Fsp3) is 0.167. The van der Waals surface area contributed by atoms with Gasteiger partial charge < -0.3 is 14.9 Å². The van der Waals surface area contributed by atoms with Gasteiger partial charge in [0.2, 0.25) is 0 Å². The van der Waals surface area contributed by atoms with Crippen molar-refractivity contribution < 1.29 is 14.9 Å². The van der Waals surface area contributed by atoms with E-state index in [0.29, 0.717) is 18.0 Å². The van der Waals surface area contributed by atoms with Crippen molar-refractivity contribution in [3.05, 3.63) is 36.4 Å². The standard InChI is InChI=1S/C12H13NO3/c1-2-16-10-6-4-3-5-9(10)13-11(14)7-8-12(13)15/h3-8,14-15H,2H2,1H3. The fourth-order valence-corrected chi connectivity index (χ4v) is 1.58. The van der Waals surface area contributed by atoms with Gasteiger partial charge in [0.1, 0.15) is 5.75 Å². The van der Waals surface area contributed by atoms with E-state index in [1.807, 2.05) is 19.1 Å². The molecule has 0 fully saturated rings. The van der Waals surface area contributed by atoms with Gasteiger partial charge in [0.15, 0.2) is 11.8 Å². The van der Waals surface area contributed by atoms with Crippen molar-refractivity contribution >= 4 is 0 Å². The van der Waals surface area contributed by atoms with Gasteiger partial charge in [0.05, 0.1) is 12.3 Å². The molecule has 4 nitrogen and oxygen atoms in total. The van der Waals surface area contributed by atoms with E-state index in [-0.39, 0.29) is 11.8 Å². The van der Waals surface area contributed by atoms with Gasteiger partial charge in [-0.25, -0.2) is 4.57 Å². The highest BCUT2D eigenvalue weighted by Gasteiger charge is 2.12. The molecule has 0 radical (unpaired) electrons. The first kappa shape index (κ1) is 10.4. The van der Waals surface area contributed by atoms with Gasteiger partial charge in [-0.15, -0.1) is 0 Å². The van der Waals surface area contributed by atoms with Crippen LogP contribution >= 0.6 is 0 Å². The minimum atomic E-state index is -0.0235. The predicted octanol–water partition coefficient (Wildman–Crippen LogP) is 2.29. The summed E-state index contributed by atoms with van der Waals surface area (Å²) in [5.41, 5.74) is 0.615. The minimum Gasteiger partial charge on any atom is -0.494 e. The van der Waals surface area contributed by atoms with Crippen molar-refractivity contribution in [3.8, 4) is 23.2 Å². The van der Waals surface area contributed by atoms with Crippen LogP contribution in [0, 0.1) is 0 Å². The number of aromatic nitrogens is 1. The Balaban J connectivity index is 2.55. The molecule has 0 unspecified atom stereocenters. The number of ether oxygens (including phenoxy) is 1. The average Bonchev–Trinajstić information content (AvgIpc) is 2.60. The minimum absolute atomic E-state index is 0.0235. The Morgan fingerprint density at radius 2 is 1.69 bits per heavy atom. The lowest BCUT2D eigenvalue weighted by Gasteiger charge is -2.12. The van der Waals surface area contributed by atoms with Crippen LogP contribution in [0.15, 0.2) is 36.4 Å². The van der Waals surface area contributed by atoms with Gasteiger partial charge in [0, 0.05) is 12.1 Å². The number of aromatic hydroxyl groups is 2. The highest BCUT2D eigenvalue weighted by molar-refractivity contribution is 5.51. The van der Waals surface area contributed by atoms with Crippen LogP contribution in [0.2, 0.25) is 0 Å². The van der Waals surface area contributed by atoms with Crippen LogP contribution in [0.25, 0.3) is 5.69 Å². The van der Waals surface area contributed by atoms with Crippen molar-refractivity contribution in [2.45, 2.75) is 6.92 Å². The third kappa shape index (κ3) is 1.69. The summed E-state index contributed by atoms with van der Waals surface area (Å²) in [6.45, 7) is 2.41. The van der Waals surface area contributed by atoms with Crippen molar-refractivity contribution in [2.75, 3.05) is 6.61 Å². The summed E-state index contributed by atoms with van der Waals surface area (Å²) in [6.07, 6.45) is 0. The Morgan fingerprint density at radius 3 is 2.31 bits per heavy atom. The van der Waals surface area contributed by atoms with Gasteiger partial charge >= 0.3 is 0 Å². The summed E-state index contributed by atoms with van der Waals surface area (Å²) in [4.78, 5) is 0. The molecular weight excluding hydrogens is 206 g/mol. The normalized spacial score (nSPS) is 10.3. The monoisotopic (exact) mass is 219 g/mol. The van der Waals surface area contributed by atoms with E-state index < -0.39 is 0 Å². The largest absolute Gasteiger partial charge is 0.494 e. The number of hydrogen-bond donors (Lipinski definition) is 2. The Morgan fingerprint density at radius 1 is 1.06 bits per heavy atom. The molecule has 84 valence electrons. The Labute approximate surface area is 93.3 Å². The van der Waals surface area contributed by atoms with E-state index in [1.165, 1.54) is 16.7 Å². The molecule has 2 N–H and O–H groups in total. The average molecular weight is 219 g/mol. The number of rotatable bonds is 3. The zero-order valence-electron chi connectivity index (χ0n) is 8.92. The molecule has 1 heterocycles. The molecule has 0 amide bonds. The van der Waals surface area contributed by atoms with Crippen LogP contribution < -0.4 is 4.74 Å². The molecule has 1 aromatic heterocycles. The maximum absolute atomic E-state index is 9.62. The van der Waals surface area contributed by atoms with Crippen LogP contribution in [-0.4, -0.2) is 21.4 Å². The lowest BCUT2D eigenvalue weighted by molar-refractivity contribution is 0.334. The SMILES string of the molecule is CCOc1ccccc1-n1c(O)ccc1O. The van der Waals surface area contributed by atoms with Gasteiger partial charge in [-0.2, -0.15) is 0 Å².